The van der Waals surface area contributed by atoms with Crippen molar-refractivity contribution in [2.45, 2.75) is 45.7 Å². The van der Waals surface area contributed by atoms with E-state index < -0.39 is 0 Å². The highest BCUT2D eigenvalue weighted by molar-refractivity contribution is 5.90. The average Bonchev–Trinajstić information content (AvgIpc) is 2.91. The van der Waals surface area contributed by atoms with Gasteiger partial charge in [-0.25, -0.2) is 4.79 Å². The number of carbonyl (C=O) groups excluding carboxylic acids is 1. The third-order valence-corrected chi connectivity index (χ3v) is 8.21. The van der Waals surface area contributed by atoms with Crippen molar-refractivity contribution in [1.29, 1.82) is 0 Å². The topological polar surface area (TPSA) is 74.6 Å². The number of benzene rings is 1. The Hall–Kier alpha value is -2.90. The lowest BCUT2D eigenvalue weighted by Gasteiger charge is -2.47. The van der Waals surface area contributed by atoms with Crippen molar-refractivity contribution in [3.8, 4) is 0 Å². The Morgan fingerprint density at radius 2 is 1.83 bits per heavy atom. The molecule has 3 heterocycles. The molecule has 0 spiro atoms. The van der Waals surface area contributed by atoms with Crippen LogP contribution >= 0.6 is 0 Å². The van der Waals surface area contributed by atoms with Gasteiger partial charge >= 0.3 is 5.97 Å². The fourth-order valence-electron chi connectivity index (χ4n) is 6.29. The fourth-order valence-corrected chi connectivity index (χ4v) is 6.29. The minimum absolute atomic E-state index is 0.0136. The summed E-state index contributed by atoms with van der Waals surface area (Å²) in [6.45, 7) is 10.9. The van der Waals surface area contributed by atoms with Crippen molar-refractivity contribution in [1.82, 2.24) is 9.80 Å². The largest absolute Gasteiger partial charge is 0.511 e. The van der Waals surface area contributed by atoms with Gasteiger partial charge in [0.15, 0.2) is 0 Å². The monoisotopic (exact) mass is 491 g/mol. The minimum Gasteiger partial charge on any atom is -0.511 e. The van der Waals surface area contributed by atoms with Crippen molar-refractivity contribution < 1.29 is 19.4 Å². The van der Waals surface area contributed by atoms with Crippen molar-refractivity contribution in [2.24, 2.45) is 16.8 Å². The Bertz CT molecular complexity index is 1240. The van der Waals surface area contributed by atoms with E-state index in [2.05, 4.69) is 34.7 Å². The summed E-state index contributed by atoms with van der Waals surface area (Å²) < 4.78 is 11.5. The Labute approximate surface area is 213 Å². The number of aliphatic hydroxyl groups excluding tert-OH is 1. The van der Waals surface area contributed by atoms with E-state index in [0.717, 1.165) is 55.3 Å². The molecule has 3 atom stereocenters. The van der Waals surface area contributed by atoms with E-state index in [1.807, 2.05) is 37.4 Å². The fraction of sp³-hybridized carbons (Fsp3) is 0.517. The van der Waals surface area contributed by atoms with Crippen molar-refractivity contribution in [3.05, 3.63) is 57.7 Å². The normalized spacial score (nSPS) is 25.8. The number of fused-ring (bicyclic) bond motifs is 2. The number of hydrogen-bond acceptors (Lipinski definition) is 7. The Balaban J connectivity index is 1.64. The molecule has 1 saturated heterocycles. The second-order valence-electron chi connectivity index (χ2n) is 10.4. The van der Waals surface area contributed by atoms with Crippen LogP contribution in [0.15, 0.2) is 52.2 Å². The number of nitrogens with zero attached hydrogens (tertiary/aromatic N) is 3. The number of hydrogen-bond donors (Lipinski definition) is 1. The average molecular weight is 492 g/mol. The molecule has 5 rings (SSSR count). The Kier molecular flexibility index (Phi) is 7.04. The molecule has 0 amide bonds. The van der Waals surface area contributed by atoms with Gasteiger partial charge in [0.25, 0.3) is 0 Å². The first-order chi connectivity index (χ1) is 17.4. The van der Waals surface area contributed by atoms with E-state index in [4.69, 9.17) is 9.47 Å². The molecule has 3 aliphatic heterocycles. The summed E-state index contributed by atoms with van der Waals surface area (Å²) in [5, 5.41) is 13.6. The highest BCUT2D eigenvalue weighted by Gasteiger charge is 2.46. The zero-order valence-corrected chi connectivity index (χ0v) is 21.7. The van der Waals surface area contributed by atoms with Crippen LogP contribution in [-0.2, 0) is 14.3 Å². The molecule has 1 fully saturated rings. The van der Waals surface area contributed by atoms with Crippen molar-refractivity contribution in [3.63, 3.8) is 0 Å². The van der Waals surface area contributed by atoms with Gasteiger partial charge in [-0.2, -0.15) is 0 Å². The van der Waals surface area contributed by atoms with Crippen molar-refractivity contribution in [2.75, 3.05) is 39.8 Å². The summed E-state index contributed by atoms with van der Waals surface area (Å²) in [7, 11) is 1.41. The standard InChI is InChI=1S/C29H37N3O4/c1-18(2)31-13-15-32(16-14-31)26(20-9-11-30-12-10-20)25-24-17-23(29(34)35-4)19(3)36-28(24)22-8-6-5-7-21(22)27(25)33/h5-9,11,18,24-26,33H,10,12-17H2,1-4H3. The molecule has 3 unspecified atom stereocenters. The third-order valence-electron chi connectivity index (χ3n) is 8.21. The molecule has 7 heteroatoms. The van der Waals surface area contributed by atoms with Crippen LogP contribution in [0.3, 0.4) is 0 Å². The van der Waals surface area contributed by atoms with Gasteiger partial charge in [0.1, 0.15) is 17.3 Å². The van der Waals surface area contributed by atoms with Crippen LogP contribution in [0.2, 0.25) is 0 Å². The van der Waals surface area contributed by atoms with Gasteiger partial charge in [-0.05, 0) is 45.3 Å². The number of esters is 1. The highest BCUT2D eigenvalue weighted by atomic mass is 16.5. The summed E-state index contributed by atoms with van der Waals surface area (Å²) in [5.41, 5.74) is 1.83. The molecule has 0 radical (unpaired) electrons. The number of rotatable bonds is 5. The van der Waals surface area contributed by atoms with Gasteiger partial charge in [-0.1, -0.05) is 24.3 Å². The van der Waals surface area contributed by atoms with E-state index in [-0.39, 0.29) is 23.8 Å². The van der Waals surface area contributed by atoms with E-state index in [9.17, 15) is 9.90 Å². The molecule has 4 aliphatic rings. The smallest absolute Gasteiger partial charge is 0.337 e. The lowest BCUT2D eigenvalue weighted by Crippen LogP contribution is -2.57. The molecule has 36 heavy (non-hydrogen) atoms. The van der Waals surface area contributed by atoms with E-state index >= 15 is 0 Å². The molecule has 1 aliphatic carbocycles. The second kappa shape index (κ2) is 10.2. The maximum atomic E-state index is 12.7. The van der Waals surface area contributed by atoms with Crippen LogP contribution < -0.4 is 10.4 Å². The van der Waals surface area contributed by atoms with Gasteiger partial charge in [0, 0.05) is 73.3 Å². The summed E-state index contributed by atoms with van der Waals surface area (Å²) >= 11 is 0. The molecule has 0 saturated carbocycles. The van der Waals surface area contributed by atoms with Crippen LogP contribution in [0.25, 0.3) is 11.5 Å². The van der Waals surface area contributed by atoms with Gasteiger partial charge in [-0.15, -0.1) is 0 Å². The summed E-state index contributed by atoms with van der Waals surface area (Å²) in [6, 6.07) is 8.40. The number of ether oxygens (including phenoxy) is 2. The Morgan fingerprint density at radius 3 is 2.47 bits per heavy atom. The molecule has 1 aromatic rings. The number of methoxy groups -OCH3 is 1. The zero-order chi connectivity index (χ0) is 25.4. The predicted molar refractivity (Wildman–Crippen MR) is 141 cm³/mol. The molecule has 192 valence electrons. The van der Waals surface area contributed by atoms with Crippen LogP contribution in [0.4, 0.5) is 0 Å². The molecule has 1 aromatic carbocycles. The summed E-state index contributed by atoms with van der Waals surface area (Å²) in [4.78, 5) is 22.1. The van der Waals surface area contributed by atoms with Crippen molar-refractivity contribution >= 4 is 23.7 Å². The maximum Gasteiger partial charge on any atom is 0.337 e. The van der Waals surface area contributed by atoms with E-state index in [0.29, 0.717) is 29.6 Å². The first kappa shape index (κ1) is 24.8. The number of carbonyl (C=O) groups is 1. The van der Waals surface area contributed by atoms with Crippen LogP contribution in [-0.4, -0.2) is 79.0 Å². The van der Waals surface area contributed by atoms with Gasteiger partial charge in [-0.3, -0.25) is 14.8 Å². The number of aliphatic imine (C=N–C) groups is 1. The highest BCUT2D eigenvalue weighted by Crippen LogP contribution is 2.45. The molecular weight excluding hydrogens is 454 g/mol. The lowest BCUT2D eigenvalue weighted by molar-refractivity contribution is -0.136. The SMILES string of the molecule is COC(=O)C1=C(C)OC2=c3ccccc3=C(O)C(C(C3=CC=NCC3)N3CCN(C(C)C)CC3)C2C1. The zero-order valence-electron chi connectivity index (χ0n) is 21.7. The predicted octanol–water partition coefficient (Wildman–Crippen LogP) is 2.37. The third kappa shape index (κ3) is 4.39. The van der Waals surface area contributed by atoms with E-state index in [1.54, 1.807) is 0 Å². The van der Waals surface area contributed by atoms with E-state index in [1.165, 1.54) is 12.7 Å². The van der Waals surface area contributed by atoms with Crippen LogP contribution in [0, 0.1) is 11.8 Å². The van der Waals surface area contributed by atoms with Gasteiger partial charge < -0.3 is 14.6 Å². The molecule has 1 N–H and O–H groups in total. The maximum absolute atomic E-state index is 12.7. The first-order valence-electron chi connectivity index (χ1n) is 13.1. The summed E-state index contributed by atoms with van der Waals surface area (Å²) in [5.74, 6) is 1.02. The van der Waals surface area contributed by atoms with Crippen LogP contribution in [0.1, 0.15) is 33.6 Å². The molecule has 0 bridgehead atoms. The minimum atomic E-state index is -0.366. The van der Waals surface area contributed by atoms with Gasteiger partial charge in [0.2, 0.25) is 0 Å². The quantitative estimate of drug-likeness (QED) is 0.638. The Morgan fingerprint density at radius 1 is 1.14 bits per heavy atom. The molecule has 7 nitrogen and oxygen atoms in total. The lowest BCUT2D eigenvalue weighted by atomic mass is 9.71. The number of dihydropyridines is 1. The van der Waals surface area contributed by atoms with Crippen LogP contribution in [0.5, 0.6) is 0 Å². The molecular formula is C29H37N3O4. The second-order valence-corrected chi connectivity index (χ2v) is 10.4. The van der Waals surface area contributed by atoms with Gasteiger partial charge in [0.05, 0.1) is 12.7 Å². The number of aliphatic hydroxyl groups is 1. The number of piperazine rings is 1. The summed E-state index contributed by atoms with van der Waals surface area (Å²) in [6.07, 6.45) is 5.36. The molecule has 0 aromatic heterocycles. The number of allylic oxidation sites excluding steroid dienone is 2. The first-order valence-corrected chi connectivity index (χ1v) is 13.1.